The Bertz CT molecular complexity index is 382. The van der Waals surface area contributed by atoms with Gasteiger partial charge in [-0.15, -0.1) is 0 Å². The Morgan fingerprint density at radius 2 is 2.25 bits per heavy atom. The first-order chi connectivity index (χ1) is 7.70. The lowest BCUT2D eigenvalue weighted by Gasteiger charge is -2.15. The fourth-order valence-electron chi connectivity index (χ4n) is 1.47. The second-order valence-corrected chi connectivity index (χ2v) is 3.84. The van der Waals surface area contributed by atoms with Crippen LogP contribution in [-0.2, 0) is 4.74 Å². The van der Waals surface area contributed by atoms with Crippen LogP contribution in [0.15, 0.2) is 12.4 Å². The third-order valence-electron chi connectivity index (χ3n) is 2.33. The number of nitrogens with one attached hydrogen (secondary N) is 1. The van der Waals surface area contributed by atoms with Crippen molar-refractivity contribution in [3.05, 3.63) is 23.5 Å². The molecule has 1 rings (SSSR count). The maximum absolute atomic E-state index is 9.02. The second-order valence-electron chi connectivity index (χ2n) is 3.84. The van der Waals surface area contributed by atoms with E-state index < -0.39 is 0 Å². The van der Waals surface area contributed by atoms with E-state index in [2.05, 4.69) is 30.2 Å². The number of pyridine rings is 1. The molecule has 0 spiro atoms. The van der Waals surface area contributed by atoms with Crippen LogP contribution in [0, 0.1) is 11.3 Å². The molecule has 0 aromatic carbocycles. The van der Waals surface area contributed by atoms with Crippen LogP contribution >= 0.6 is 0 Å². The summed E-state index contributed by atoms with van der Waals surface area (Å²) < 4.78 is 4.98. The number of hydrogen-bond acceptors (Lipinski definition) is 4. The number of ether oxygens (including phenoxy) is 1. The van der Waals surface area contributed by atoms with Crippen LogP contribution in [0.4, 0.5) is 5.69 Å². The van der Waals surface area contributed by atoms with Crippen LogP contribution in [0.5, 0.6) is 0 Å². The quantitative estimate of drug-likeness (QED) is 0.771. The van der Waals surface area contributed by atoms with Gasteiger partial charge in [-0.3, -0.25) is 4.98 Å². The monoisotopic (exact) mass is 219 g/mol. The average Bonchev–Trinajstić information content (AvgIpc) is 2.29. The molecular weight excluding hydrogens is 202 g/mol. The van der Waals surface area contributed by atoms with Gasteiger partial charge in [-0.1, -0.05) is 13.8 Å². The highest BCUT2D eigenvalue weighted by Gasteiger charge is 2.11. The van der Waals surface area contributed by atoms with Gasteiger partial charge in [0, 0.05) is 26.0 Å². The van der Waals surface area contributed by atoms with Gasteiger partial charge in [-0.05, 0) is 11.5 Å². The molecule has 86 valence electrons. The van der Waals surface area contributed by atoms with E-state index in [1.807, 2.05) is 0 Å². The standard InChI is InChI=1S/C12H17N3O/c1-9(2)11-8-14-7-10(6-13)12(11)15-4-5-16-3/h7-9H,4-5H2,1-3H3,(H,14,15). The molecule has 4 nitrogen and oxygen atoms in total. The summed E-state index contributed by atoms with van der Waals surface area (Å²) in [5.74, 6) is 0.339. The summed E-state index contributed by atoms with van der Waals surface area (Å²) >= 11 is 0. The highest BCUT2D eigenvalue weighted by molar-refractivity contribution is 5.62. The van der Waals surface area contributed by atoms with Crippen LogP contribution in [-0.4, -0.2) is 25.2 Å². The fourth-order valence-corrected chi connectivity index (χ4v) is 1.47. The third-order valence-corrected chi connectivity index (χ3v) is 2.33. The van der Waals surface area contributed by atoms with Crippen molar-refractivity contribution >= 4 is 5.69 Å². The molecule has 0 bridgehead atoms. The average molecular weight is 219 g/mol. The van der Waals surface area contributed by atoms with Crippen LogP contribution < -0.4 is 5.32 Å². The lowest BCUT2D eigenvalue weighted by atomic mass is 10.0. The summed E-state index contributed by atoms with van der Waals surface area (Å²) in [5.41, 5.74) is 2.53. The molecule has 0 aliphatic rings. The number of hydrogen-bond donors (Lipinski definition) is 1. The number of anilines is 1. The number of nitriles is 1. The molecule has 16 heavy (non-hydrogen) atoms. The second kappa shape index (κ2) is 6.09. The maximum Gasteiger partial charge on any atom is 0.103 e. The van der Waals surface area contributed by atoms with E-state index >= 15 is 0 Å². The molecule has 0 fully saturated rings. The Hall–Kier alpha value is -1.60. The highest BCUT2D eigenvalue weighted by atomic mass is 16.5. The summed E-state index contributed by atoms with van der Waals surface area (Å²) in [6, 6.07) is 2.15. The number of rotatable bonds is 5. The number of nitrogens with zero attached hydrogens (tertiary/aromatic N) is 2. The van der Waals surface area contributed by atoms with Crippen molar-refractivity contribution in [3.8, 4) is 6.07 Å². The Labute approximate surface area is 96.3 Å². The van der Waals surface area contributed by atoms with Gasteiger partial charge in [0.1, 0.15) is 6.07 Å². The van der Waals surface area contributed by atoms with E-state index in [0.717, 1.165) is 11.3 Å². The van der Waals surface area contributed by atoms with Crippen molar-refractivity contribution in [1.29, 1.82) is 5.26 Å². The van der Waals surface area contributed by atoms with Crippen molar-refractivity contribution in [2.75, 3.05) is 25.6 Å². The molecule has 0 saturated heterocycles. The van der Waals surface area contributed by atoms with Crippen molar-refractivity contribution in [3.63, 3.8) is 0 Å². The normalized spacial score (nSPS) is 10.2. The summed E-state index contributed by atoms with van der Waals surface area (Å²) in [6.45, 7) is 5.47. The van der Waals surface area contributed by atoms with Crippen molar-refractivity contribution in [1.82, 2.24) is 4.98 Å². The molecule has 0 atom stereocenters. The number of aromatic nitrogens is 1. The van der Waals surface area contributed by atoms with Gasteiger partial charge in [0.25, 0.3) is 0 Å². The van der Waals surface area contributed by atoms with Gasteiger partial charge in [-0.25, -0.2) is 0 Å². The topological polar surface area (TPSA) is 57.9 Å². The largest absolute Gasteiger partial charge is 0.383 e. The molecule has 4 heteroatoms. The van der Waals surface area contributed by atoms with Crippen LogP contribution in [0.2, 0.25) is 0 Å². The first kappa shape index (κ1) is 12.5. The summed E-state index contributed by atoms with van der Waals surface area (Å²) in [7, 11) is 1.66. The molecule has 0 amide bonds. The number of methoxy groups -OCH3 is 1. The molecule has 0 unspecified atom stereocenters. The van der Waals surface area contributed by atoms with E-state index in [4.69, 9.17) is 10.00 Å². The first-order valence-electron chi connectivity index (χ1n) is 5.31. The van der Waals surface area contributed by atoms with Gasteiger partial charge >= 0.3 is 0 Å². The lowest BCUT2D eigenvalue weighted by molar-refractivity contribution is 0.210. The Kier molecular flexibility index (Phi) is 4.74. The minimum absolute atomic E-state index is 0.339. The minimum Gasteiger partial charge on any atom is -0.383 e. The molecule has 0 saturated carbocycles. The maximum atomic E-state index is 9.02. The van der Waals surface area contributed by atoms with Crippen molar-refractivity contribution in [2.45, 2.75) is 19.8 Å². The predicted molar refractivity (Wildman–Crippen MR) is 63.4 cm³/mol. The zero-order valence-electron chi connectivity index (χ0n) is 9.95. The highest BCUT2D eigenvalue weighted by Crippen LogP contribution is 2.26. The zero-order chi connectivity index (χ0) is 12.0. The SMILES string of the molecule is COCCNc1c(C#N)cncc1C(C)C. The molecule has 1 aromatic heterocycles. The van der Waals surface area contributed by atoms with Gasteiger partial charge in [-0.2, -0.15) is 5.26 Å². The van der Waals surface area contributed by atoms with Crippen molar-refractivity contribution < 1.29 is 4.74 Å². The first-order valence-corrected chi connectivity index (χ1v) is 5.31. The molecule has 1 N–H and O–H groups in total. The summed E-state index contributed by atoms with van der Waals surface area (Å²) in [4.78, 5) is 4.07. The zero-order valence-corrected chi connectivity index (χ0v) is 9.95. The molecule has 1 heterocycles. The van der Waals surface area contributed by atoms with E-state index in [1.165, 1.54) is 0 Å². The third kappa shape index (κ3) is 2.94. The minimum atomic E-state index is 0.339. The fraction of sp³-hybridized carbons (Fsp3) is 0.500. The van der Waals surface area contributed by atoms with Gasteiger partial charge in [0.15, 0.2) is 0 Å². The van der Waals surface area contributed by atoms with Crippen LogP contribution in [0.3, 0.4) is 0 Å². The molecule has 0 radical (unpaired) electrons. The molecular formula is C12H17N3O. The van der Waals surface area contributed by atoms with Gasteiger partial charge < -0.3 is 10.1 Å². The molecule has 0 aliphatic heterocycles. The van der Waals surface area contributed by atoms with Crippen LogP contribution in [0.25, 0.3) is 0 Å². The van der Waals surface area contributed by atoms with Gasteiger partial charge in [0.05, 0.1) is 17.9 Å². The summed E-state index contributed by atoms with van der Waals surface area (Å²) in [5, 5.41) is 12.2. The van der Waals surface area contributed by atoms with Gasteiger partial charge in [0.2, 0.25) is 0 Å². The van der Waals surface area contributed by atoms with E-state index in [0.29, 0.717) is 24.6 Å². The van der Waals surface area contributed by atoms with E-state index in [-0.39, 0.29) is 0 Å². The van der Waals surface area contributed by atoms with Crippen LogP contribution in [0.1, 0.15) is 30.9 Å². The molecule has 1 aromatic rings. The summed E-state index contributed by atoms with van der Waals surface area (Å²) in [6.07, 6.45) is 3.39. The van der Waals surface area contributed by atoms with E-state index in [1.54, 1.807) is 19.5 Å². The predicted octanol–water partition coefficient (Wildman–Crippen LogP) is 2.13. The smallest absolute Gasteiger partial charge is 0.103 e. The van der Waals surface area contributed by atoms with Crippen molar-refractivity contribution in [2.24, 2.45) is 0 Å². The lowest BCUT2D eigenvalue weighted by Crippen LogP contribution is -2.11. The molecule has 0 aliphatic carbocycles. The Balaban J connectivity index is 2.96. The van der Waals surface area contributed by atoms with E-state index in [9.17, 15) is 0 Å². The Morgan fingerprint density at radius 1 is 1.50 bits per heavy atom. The Morgan fingerprint density at radius 3 is 2.81 bits per heavy atom.